The van der Waals surface area contributed by atoms with E-state index in [0.29, 0.717) is 23.7 Å². The molecular formula is C20H27ClN2O2S. The summed E-state index contributed by atoms with van der Waals surface area (Å²) in [7, 11) is -3.50. The van der Waals surface area contributed by atoms with E-state index in [1.807, 2.05) is 0 Å². The Morgan fingerprint density at radius 1 is 0.885 bits per heavy atom. The van der Waals surface area contributed by atoms with Crippen LogP contribution < -0.4 is 0 Å². The van der Waals surface area contributed by atoms with Gasteiger partial charge in [-0.25, -0.2) is 8.42 Å². The molecule has 5 fully saturated rings. The van der Waals surface area contributed by atoms with Crippen molar-refractivity contribution in [3.05, 3.63) is 29.3 Å². The van der Waals surface area contributed by atoms with Crippen molar-refractivity contribution in [2.45, 2.75) is 49.0 Å². The van der Waals surface area contributed by atoms with Crippen molar-refractivity contribution in [1.82, 2.24) is 9.21 Å². The molecule has 0 unspecified atom stereocenters. The monoisotopic (exact) mass is 394 g/mol. The molecule has 5 aliphatic rings. The Morgan fingerprint density at radius 3 is 1.96 bits per heavy atom. The molecule has 1 aromatic rings. The lowest BCUT2D eigenvalue weighted by atomic mass is 9.52. The van der Waals surface area contributed by atoms with E-state index in [1.165, 1.54) is 38.5 Å². The maximum absolute atomic E-state index is 13.0. The SMILES string of the molecule is O=S(=O)(c1ccccc1Cl)N1CCN(C23CC4CC(CC(C4)C2)C3)CC1. The van der Waals surface area contributed by atoms with Gasteiger partial charge in [-0.15, -0.1) is 0 Å². The van der Waals surface area contributed by atoms with Gasteiger partial charge in [0.05, 0.1) is 5.02 Å². The van der Waals surface area contributed by atoms with Gasteiger partial charge in [0.1, 0.15) is 4.90 Å². The van der Waals surface area contributed by atoms with Crippen molar-refractivity contribution in [3.8, 4) is 0 Å². The molecule has 0 spiro atoms. The van der Waals surface area contributed by atoms with Crippen molar-refractivity contribution in [2.75, 3.05) is 26.2 Å². The topological polar surface area (TPSA) is 40.6 Å². The lowest BCUT2D eigenvalue weighted by Crippen LogP contribution is -2.64. The Hall–Kier alpha value is -0.620. The number of hydrogen-bond acceptors (Lipinski definition) is 3. The number of hydrogen-bond donors (Lipinski definition) is 0. The third-order valence-electron chi connectivity index (χ3n) is 7.37. The number of benzene rings is 1. The van der Waals surface area contributed by atoms with Crippen LogP contribution in [-0.4, -0.2) is 49.3 Å². The standard InChI is InChI=1S/C20H27ClN2O2S/c21-18-3-1-2-4-19(18)26(24,25)23-7-5-22(6-8-23)20-12-15-9-16(13-20)11-17(10-15)14-20/h1-4,15-17H,5-14H2. The molecule has 26 heavy (non-hydrogen) atoms. The molecule has 4 saturated carbocycles. The molecule has 1 aromatic carbocycles. The van der Waals surface area contributed by atoms with E-state index >= 15 is 0 Å². The second-order valence-electron chi connectivity index (χ2n) is 8.96. The van der Waals surface area contributed by atoms with Crippen LogP contribution in [0.1, 0.15) is 38.5 Å². The lowest BCUT2D eigenvalue weighted by Gasteiger charge is -2.61. The minimum absolute atomic E-state index is 0.241. The second-order valence-corrected chi connectivity index (χ2v) is 11.3. The first-order valence-electron chi connectivity index (χ1n) is 9.96. The van der Waals surface area contributed by atoms with Gasteiger partial charge in [0.15, 0.2) is 0 Å². The average molecular weight is 395 g/mol. The number of nitrogens with zero attached hydrogens (tertiary/aromatic N) is 2. The maximum Gasteiger partial charge on any atom is 0.244 e. The average Bonchev–Trinajstić information content (AvgIpc) is 2.61. The molecule has 0 amide bonds. The van der Waals surface area contributed by atoms with E-state index in [1.54, 1.807) is 28.6 Å². The van der Waals surface area contributed by atoms with Crippen LogP contribution in [0.15, 0.2) is 29.2 Å². The minimum Gasteiger partial charge on any atom is -0.295 e. The molecule has 4 aliphatic carbocycles. The Kier molecular flexibility index (Phi) is 4.16. The summed E-state index contributed by atoms with van der Waals surface area (Å²) in [5, 5.41) is 0.316. The first-order valence-corrected chi connectivity index (χ1v) is 11.8. The van der Waals surface area contributed by atoms with E-state index < -0.39 is 10.0 Å². The first-order chi connectivity index (χ1) is 12.5. The zero-order valence-corrected chi connectivity index (χ0v) is 16.7. The fraction of sp³-hybridized carbons (Fsp3) is 0.700. The summed E-state index contributed by atoms with van der Waals surface area (Å²) >= 11 is 6.15. The summed E-state index contributed by atoms with van der Waals surface area (Å²) in [5.41, 5.74) is 0.370. The molecular weight excluding hydrogens is 368 g/mol. The Morgan fingerprint density at radius 2 is 1.42 bits per heavy atom. The largest absolute Gasteiger partial charge is 0.295 e. The van der Waals surface area contributed by atoms with Crippen molar-refractivity contribution in [3.63, 3.8) is 0 Å². The maximum atomic E-state index is 13.0. The molecule has 4 nitrogen and oxygen atoms in total. The molecule has 0 atom stereocenters. The third-order valence-corrected chi connectivity index (χ3v) is 9.77. The molecule has 1 saturated heterocycles. The molecule has 142 valence electrons. The van der Waals surface area contributed by atoms with Crippen molar-refractivity contribution >= 4 is 21.6 Å². The smallest absolute Gasteiger partial charge is 0.244 e. The van der Waals surface area contributed by atoms with E-state index in [9.17, 15) is 8.42 Å². The van der Waals surface area contributed by atoms with Gasteiger partial charge in [0, 0.05) is 31.7 Å². The van der Waals surface area contributed by atoms with E-state index in [2.05, 4.69) is 4.90 Å². The first kappa shape index (κ1) is 17.5. The molecule has 1 heterocycles. The predicted molar refractivity (Wildman–Crippen MR) is 103 cm³/mol. The van der Waals surface area contributed by atoms with E-state index in [0.717, 1.165) is 30.8 Å². The van der Waals surface area contributed by atoms with Crippen LogP contribution in [-0.2, 0) is 10.0 Å². The van der Waals surface area contributed by atoms with Crippen LogP contribution in [0.4, 0.5) is 0 Å². The minimum atomic E-state index is -3.50. The lowest BCUT2D eigenvalue weighted by molar-refractivity contribution is -0.0964. The van der Waals surface area contributed by atoms with Gasteiger partial charge < -0.3 is 0 Å². The predicted octanol–water partition coefficient (Wildman–Crippen LogP) is 3.62. The Balaban J connectivity index is 1.32. The van der Waals surface area contributed by atoms with Crippen molar-refractivity contribution in [1.29, 1.82) is 0 Å². The highest BCUT2D eigenvalue weighted by Crippen LogP contribution is 2.57. The van der Waals surface area contributed by atoms with Crippen molar-refractivity contribution in [2.24, 2.45) is 17.8 Å². The van der Waals surface area contributed by atoms with Gasteiger partial charge in [-0.05, 0) is 68.4 Å². The van der Waals surface area contributed by atoms with Crippen LogP contribution in [0.2, 0.25) is 5.02 Å². The summed E-state index contributed by atoms with van der Waals surface area (Å²) in [6.45, 7) is 2.87. The van der Waals surface area contributed by atoms with Gasteiger partial charge in [0.25, 0.3) is 0 Å². The Bertz CT molecular complexity index is 766. The highest BCUT2D eigenvalue weighted by atomic mass is 35.5. The summed E-state index contributed by atoms with van der Waals surface area (Å²) in [5.74, 6) is 2.77. The molecule has 4 bridgehead atoms. The van der Waals surface area contributed by atoms with E-state index in [-0.39, 0.29) is 4.90 Å². The number of halogens is 1. The molecule has 1 aliphatic heterocycles. The van der Waals surface area contributed by atoms with Crippen LogP contribution in [0.5, 0.6) is 0 Å². The highest BCUT2D eigenvalue weighted by molar-refractivity contribution is 7.89. The van der Waals surface area contributed by atoms with Gasteiger partial charge >= 0.3 is 0 Å². The van der Waals surface area contributed by atoms with Crippen LogP contribution in [0.25, 0.3) is 0 Å². The van der Waals surface area contributed by atoms with Crippen molar-refractivity contribution < 1.29 is 8.42 Å². The number of piperazine rings is 1. The summed E-state index contributed by atoms with van der Waals surface area (Å²) in [6, 6.07) is 6.78. The quantitative estimate of drug-likeness (QED) is 0.786. The fourth-order valence-corrected chi connectivity index (χ4v) is 8.56. The number of rotatable bonds is 3. The normalized spacial score (nSPS) is 38.0. The van der Waals surface area contributed by atoms with Crippen LogP contribution >= 0.6 is 11.6 Å². The van der Waals surface area contributed by atoms with Gasteiger partial charge in [-0.1, -0.05) is 23.7 Å². The molecule has 6 heteroatoms. The van der Waals surface area contributed by atoms with Gasteiger partial charge in [0.2, 0.25) is 10.0 Å². The van der Waals surface area contributed by atoms with Gasteiger partial charge in [-0.3, -0.25) is 4.90 Å². The van der Waals surface area contributed by atoms with Gasteiger partial charge in [-0.2, -0.15) is 4.31 Å². The number of sulfonamides is 1. The summed E-state index contributed by atoms with van der Waals surface area (Å²) < 4.78 is 27.6. The summed E-state index contributed by atoms with van der Waals surface area (Å²) in [6.07, 6.45) is 8.36. The zero-order valence-electron chi connectivity index (χ0n) is 15.1. The molecule has 0 N–H and O–H groups in total. The second kappa shape index (κ2) is 6.20. The van der Waals surface area contributed by atoms with Crippen LogP contribution in [0.3, 0.4) is 0 Å². The zero-order chi connectivity index (χ0) is 17.9. The third kappa shape index (κ3) is 2.74. The van der Waals surface area contributed by atoms with E-state index in [4.69, 9.17) is 11.6 Å². The Labute approximate surface area is 161 Å². The molecule has 0 aromatic heterocycles. The molecule has 6 rings (SSSR count). The highest BCUT2D eigenvalue weighted by Gasteiger charge is 2.53. The van der Waals surface area contributed by atoms with Crippen LogP contribution in [0, 0.1) is 17.8 Å². The fourth-order valence-electron chi connectivity index (χ4n) is 6.65. The summed E-state index contributed by atoms with van der Waals surface area (Å²) in [4.78, 5) is 2.89. The molecule has 0 radical (unpaired) electrons.